The Kier molecular flexibility index (Phi) is 10.9. The van der Waals surface area contributed by atoms with Crippen molar-refractivity contribution >= 4 is 50.5 Å². The van der Waals surface area contributed by atoms with Crippen LogP contribution in [0.3, 0.4) is 0 Å². The fourth-order valence-corrected chi connectivity index (χ4v) is 6.44. The molecule has 0 bridgehead atoms. The molecule has 3 N–H and O–H groups in total. The number of rotatable bonds is 14. The summed E-state index contributed by atoms with van der Waals surface area (Å²) in [5, 5.41) is 6.72. The number of nitrogens with zero attached hydrogens (tertiary/aromatic N) is 4. The van der Waals surface area contributed by atoms with Gasteiger partial charge in [0.15, 0.2) is 0 Å². The topological polar surface area (TPSA) is 146 Å². The number of benzene rings is 4. The SMILES string of the molecule is CCCN(Cc1ncc(-c2ccc(-c3ccc4c(c3)c3ccccc3c3nc(CN(CCC)C(=O)CNC(=O)OC)[nH]c43)cc2)[nH]1)C(=O)COC. The van der Waals surface area contributed by atoms with E-state index >= 15 is 0 Å². The monoisotopic (exact) mass is 689 g/mol. The number of alkyl carbamates (subject to hydrolysis) is 1. The lowest BCUT2D eigenvalue weighted by atomic mass is 9.95. The van der Waals surface area contributed by atoms with Crippen LogP contribution in [0.4, 0.5) is 4.79 Å². The van der Waals surface area contributed by atoms with Crippen LogP contribution in [-0.4, -0.2) is 88.1 Å². The summed E-state index contributed by atoms with van der Waals surface area (Å²) in [5.41, 5.74) is 5.79. The molecule has 3 amide bonds. The molecule has 264 valence electrons. The normalized spacial score (nSPS) is 11.3. The van der Waals surface area contributed by atoms with Crippen LogP contribution in [0.25, 0.3) is 55.0 Å². The molecule has 0 aliphatic heterocycles. The van der Waals surface area contributed by atoms with Gasteiger partial charge in [0, 0.05) is 31.0 Å². The molecule has 0 fully saturated rings. The molecule has 0 spiro atoms. The van der Waals surface area contributed by atoms with Gasteiger partial charge in [0.05, 0.1) is 43.1 Å². The van der Waals surface area contributed by atoms with Crippen molar-refractivity contribution in [3.05, 3.63) is 84.6 Å². The van der Waals surface area contributed by atoms with E-state index in [1.54, 1.807) is 16.0 Å². The second kappa shape index (κ2) is 15.9. The molecule has 6 aromatic rings. The molecular formula is C39H43N7O5. The number of nitrogens with one attached hydrogen (secondary N) is 3. The zero-order chi connectivity index (χ0) is 35.9. The van der Waals surface area contributed by atoms with Gasteiger partial charge in [-0.2, -0.15) is 0 Å². The van der Waals surface area contributed by atoms with Gasteiger partial charge < -0.3 is 34.6 Å². The molecule has 2 heterocycles. The maximum Gasteiger partial charge on any atom is 0.407 e. The molecule has 12 nitrogen and oxygen atoms in total. The Bertz CT molecular complexity index is 2170. The minimum atomic E-state index is -0.646. The number of aromatic amines is 2. The molecule has 12 heteroatoms. The summed E-state index contributed by atoms with van der Waals surface area (Å²) in [6, 6.07) is 23.0. The van der Waals surface area contributed by atoms with Crippen LogP contribution in [0.15, 0.2) is 72.9 Å². The zero-order valence-corrected chi connectivity index (χ0v) is 29.4. The molecule has 6 rings (SSSR count). The van der Waals surface area contributed by atoms with Crippen LogP contribution in [0.2, 0.25) is 0 Å². The van der Waals surface area contributed by atoms with Crippen LogP contribution in [0, 0.1) is 0 Å². The van der Waals surface area contributed by atoms with Crippen molar-refractivity contribution in [2.24, 2.45) is 0 Å². The van der Waals surface area contributed by atoms with Crippen molar-refractivity contribution < 1.29 is 23.9 Å². The largest absolute Gasteiger partial charge is 0.453 e. The smallest absolute Gasteiger partial charge is 0.407 e. The molecule has 0 saturated carbocycles. The van der Waals surface area contributed by atoms with Gasteiger partial charge in [0.1, 0.15) is 24.8 Å². The lowest BCUT2D eigenvalue weighted by Gasteiger charge is -2.21. The first-order valence-electron chi connectivity index (χ1n) is 17.2. The quantitative estimate of drug-likeness (QED) is 0.112. The van der Waals surface area contributed by atoms with Gasteiger partial charge >= 0.3 is 6.09 Å². The van der Waals surface area contributed by atoms with Crippen LogP contribution in [0.5, 0.6) is 0 Å². The van der Waals surface area contributed by atoms with Crippen molar-refractivity contribution in [1.82, 2.24) is 35.1 Å². The van der Waals surface area contributed by atoms with E-state index in [1.807, 2.05) is 26.0 Å². The summed E-state index contributed by atoms with van der Waals surface area (Å²) < 4.78 is 9.66. The molecule has 0 radical (unpaired) electrons. The Hall–Kier alpha value is -5.75. The predicted molar refractivity (Wildman–Crippen MR) is 198 cm³/mol. The molecule has 0 unspecified atom stereocenters. The highest BCUT2D eigenvalue weighted by Crippen LogP contribution is 2.36. The van der Waals surface area contributed by atoms with E-state index in [9.17, 15) is 14.4 Å². The Morgan fingerprint density at radius 2 is 1.41 bits per heavy atom. The summed E-state index contributed by atoms with van der Waals surface area (Å²) in [5.74, 6) is 1.12. The zero-order valence-electron chi connectivity index (χ0n) is 29.4. The van der Waals surface area contributed by atoms with E-state index in [4.69, 9.17) is 9.72 Å². The first kappa shape index (κ1) is 35.1. The standard InChI is InChI=1S/C39H43N7O5/c1-5-17-45(35(47)21-41-39(49)51-4)23-34-43-37-29-10-8-7-9-28(29)31-19-27(15-16-30(31)38(37)44-34)25-11-13-26(14-12-25)32-20-40-33(42-32)22-46(18-6-2)36(48)24-50-3/h7-16,19-20H,5-6,17-18,21-24H2,1-4H3,(H,40,42)(H,41,49)(H,43,44). The number of hydrogen-bond acceptors (Lipinski definition) is 7. The molecule has 4 aromatic carbocycles. The Morgan fingerprint density at radius 3 is 2.12 bits per heavy atom. The average molecular weight is 690 g/mol. The third-order valence-electron chi connectivity index (χ3n) is 8.88. The number of carbonyl (C=O) groups excluding carboxylic acids is 3. The summed E-state index contributed by atoms with van der Waals surface area (Å²) >= 11 is 0. The fourth-order valence-electron chi connectivity index (χ4n) is 6.44. The van der Waals surface area contributed by atoms with Crippen molar-refractivity contribution in [2.75, 3.05) is 40.5 Å². The Labute approximate surface area is 296 Å². The van der Waals surface area contributed by atoms with Gasteiger partial charge in [-0.3, -0.25) is 9.59 Å². The highest BCUT2D eigenvalue weighted by atomic mass is 16.5. The summed E-state index contributed by atoms with van der Waals surface area (Å²) in [6.45, 7) is 5.78. The Morgan fingerprint density at radius 1 is 0.745 bits per heavy atom. The minimum absolute atomic E-state index is 0.0479. The van der Waals surface area contributed by atoms with Crippen molar-refractivity contribution in [3.63, 3.8) is 0 Å². The highest BCUT2D eigenvalue weighted by molar-refractivity contribution is 6.23. The number of methoxy groups -OCH3 is 2. The highest BCUT2D eigenvalue weighted by Gasteiger charge is 2.19. The third kappa shape index (κ3) is 7.71. The maximum absolute atomic E-state index is 13.0. The number of fused-ring (bicyclic) bond motifs is 6. The molecule has 51 heavy (non-hydrogen) atoms. The molecule has 0 atom stereocenters. The van der Waals surface area contributed by atoms with Gasteiger partial charge in [-0.05, 0) is 46.4 Å². The predicted octanol–water partition coefficient (Wildman–Crippen LogP) is 6.41. The lowest BCUT2D eigenvalue weighted by molar-refractivity contribution is -0.136. The van der Waals surface area contributed by atoms with E-state index < -0.39 is 6.09 Å². The molecule has 0 saturated heterocycles. The maximum atomic E-state index is 13.0. The van der Waals surface area contributed by atoms with Crippen LogP contribution < -0.4 is 5.32 Å². The van der Waals surface area contributed by atoms with Crippen molar-refractivity contribution in [1.29, 1.82) is 0 Å². The number of carbonyl (C=O) groups is 3. The first-order chi connectivity index (χ1) is 24.8. The first-order valence-corrected chi connectivity index (χ1v) is 17.2. The second-order valence-electron chi connectivity index (χ2n) is 12.4. The third-order valence-corrected chi connectivity index (χ3v) is 8.88. The van der Waals surface area contributed by atoms with E-state index in [0.717, 1.165) is 73.6 Å². The van der Waals surface area contributed by atoms with Gasteiger partial charge in [0.2, 0.25) is 11.8 Å². The van der Waals surface area contributed by atoms with Gasteiger partial charge in [-0.25, -0.2) is 14.8 Å². The lowest BCUT2D eigenvalue weighted by Crippen LogP contribution is -2.40. The number of imidazole rings is 2. The van der Waals surface area contributed by atoms with Crippen LogP contribution in [-0.2, 0) is 32.2 Å². The number of amides is 3. The van der Waals surface area contributed by atoms with Gasteiger partial charge in [-0.15, -0.1) is 0 Å². The van der Waals surface area contributed by atoms with E-state index in [0.29, 0.717) is 25.5 Å². The second-order valence-corrected chi connectivity index (χ2v) is 12.4. The van der Waals surface area contributed by atoms with E-state index in [-0.39, 0.29) is 31.5 Å². The number of ether oxygens (including phenoxy) is 2. The van der Waals surface area contributed by atoms with Crippen LogP contribution in [0.1, 0.15) is 38.3 Å². The summed E-state index contributed by atoms with van der Waals surface area (Å²) in [7, 11) is 2.79. The number of H-pyrrole nitrogens is 2. The minimum Gasteiger partial charge on any atom is -0.453 e. The van der Waals surface area contributed by atoms with Gasteiger partial charge in [0.25, 0.3) is 0 Å². The van der Waals surface area contributed by atoms with Crippen LogP contribution >= 0.6 is 0 Å². The summed E-state index contributed by atoms with van der Waals surface area (Å²) in [4.78, 5) is 56.8. The Balaban J connectivity index is 1.27. The fraction of sp³-hybridized carbons (Fsp3) is 0.308. The molecule has 0 aliphatic rings. The molecule has 0 aliphatic carbocycles. The van der Waals surface area contributed by atoms with Crippen molar-refractivity contribution in [2.45, 2.75) is 39.8 Å². The number of aromatic nitrogens is 4. The van der Waals surface area contributed by atoms with Gasteiger partial charge in [-0.1, -0.05) is 74.5 Å². The van der Waals surface area contributed by atoms with E-state index in [1.165, 1.54) is 14.2 Å². The average Bonchev–Trinajstić information content (AvgIpc) is 3.81. The van der Waals surface area contributed by atoms with Crippen molar-refractivity contribution in [3.8, 4) is 22.4 Å². The summed E-state index contributed by atoms with van der Waals surface area (Å²) in [6.07, 6.45) is 2.77. The number of hydrogen-bond donors (Lipinski definition) is 3. The van der Waals surface area contributed by atoms with E-state index in [2.05, 4.69) is 79.6 Å². The molecule has 2 aromatic heterocycles. The molecular weight excluding hydrogens is 646 g/mol.